The molecule has 4 rings (SSSR count). The number of quaternary nitrogens is 1. The van der Waals surface area contributed by atoms with Crippen LogP contribution >= 0.6 is 11.3 Å². The van der Waals surface area contributed by atoms with Gasteiger partial charge in [-0.1, -0.05) is 24.3 Å². The van der Waals surface area contributed by atoms with Crippen LogP contribution in [0.2, 0.25) is 0 Å². The van der Waals surface area contributed by atoms with Crippen molar-refractivity contribution < 1.29 is 9.89 Å². The van der Waals surface area contributed by atoms with E-state index < -0.39 is 0 Å². The van der Waals surface area contributed by atoms with Gasteiger partial charge in [0.1, 0.15) is 0 Å². The van der Waals surface area contributed by atoms with Crippen molar-refractivity contribution in [2.45, 2.75) is 13.3 Å². The second kappa shape index (κ2) is 7.16. The van der Waals surface area contributed by atoms with E-state index in [9.17, 15) is 0 Å². The Labute approximate surface area is 150 Å². The summed E-state index contributed by atoms with van der Waals surface area (Å²) in [5.41, 5.74) is 1.94. The lowest BCUT2D eigenvalue weighted by Crippen LogP contribution is -3.24. The van der Waals surface area contributed by atoms with E-state index in [-0.39, 0.29) is 0 Å². The van der Waals surface area contributed by atoms with E-state index in [1.807, 2.05) is 42.5 Å². The molecule has 7 heteroatoms. The lowest BCUT2D eigenvalue weighted by Gasteiger charge is -2.20. The zero-order valence-electron chi connectivity index (χ0n) is 14.2. The molecule has 0 spiro atoms. The molecule has 0 amide bonds. The Morgan fingerprint density at radius 2 is 2.16 bits per heavy atom. The van der Waals surface area contributed by atoms with Crippen molar-refractivity contribution in [3.8, 4) is 0 Å². The van der Waals surface area contributed by atoms with Crippen LogP contribution in [-0.2, 0) is 6.42 Å². The Morgan fingerprint density at radius 1 is 1.24 bits per heavy atom. The van der Waals surface area contributed by atoms with Crippen LogP contribution in [0.5, 0.6) is 0 Å². The lowest BCUT2D eigenvalue weighted by molar-refractivity contribution is -0.980. The number of aryl methyl sites for hydroxylation is 1. The van der Waals surface area contributed by atoms with Crippen molar-refractivity contribution in [2.75, 3.05) is 25.2 Å². The van der Waals surface area contributed by atoms with Crippen LogP contribution in [0.3, 0.4) is 0 Å². The molecule has 128 valence electrons. The van der Waals surface area contributed by atoms with Crippen LogP contribution in [0.4, 0.5) is 5.95 Å². The highest BCUT2D eigenvalue weighted by atomic mass is 32.1. The zero-order chi connectivity index (χ0) is 17.1. The van der Waals surface area contributed by atoms with E-state index in [0.717, 1.165) is 48.9 Å². The van der Waals surface area contributed by atoms with Gasteiger partial charge in [0.05, 0.1) is 17.8 Å². The summed E-state index contributed by atoms with van der Waals surface area (Å²) in [6.45, 7) is 4.89. The van der Waals surface area contributed by atoms with Gasteiger partial charge in [-0.2, -0.15) is 4.98 Å². The number of anilines is 1. The highest BCUT2D eigenvalue weighted by Crippen LogP contribution is 2.16. The zero-order valence-corrected chi connectivity index (χ0v) is 15.0. The maximum Gasteiger partial charge on any atom is 0.359 e. The lowest BCUT2D eigenvalue weighted by atomic mass is 10.2. The molecule has 0 saturated heterocycles. The first-order valence-corrected chi connectivity index (χ1v) is 9.37. The van der Waals surface area contributed by atoms with Gasteiger partial charge in [0.15, 0.2) is 13.3 Å². The number of para-hydroxylation sites is 1. The Morgan fingerprint density at radius 3 is 2.96 bits per heavy atom. The number of nitrogens with one attached hydrogen (secondary N) is 4. The molecule has 0 bridgehead atoms. The van der Waals surface area contributed by atoms with Gasteiger partial charge in [0.25, 0.3) is 5.95 Å². The third kappa shape index (κ3) is 3.78. The molecular formula is C18H22N6S+2. The van der Waals surface area contributed by atoms with Crippen LogP contribution in [0, 0.1) is 6.92 Å². The van der Waals surface area contributed by atoms with Crippen molar-refractivity contribution in [2.24, 2.45) is 0 Å². The van der Waals surface area contributed by atoms with Gasteiger partial charge in [-0.3, -0.25) is 4.90 Å². The first-order valence-electron chi connectivity index (χ1n) is 8.49. The van der Waals surface area contributed by atoms with Gasteiger partial charge in [-0.25, -0.2) is 20.6 Å². The second-order valence-corrected chi connectivity index (χ2v) is 7.22. The van der Waals surface area contributed by atoms with E-state index in [1.165, 1.54) is 9.78 Å². The standard InChI is InChI=1S/C18H20N6S/c1-13-15-6-2-3-7-16(15)22-18(21-13)23-17-19-11-24(12-20-17)9-8-14-5-4-10-25-14/h2-7,10H,8-9,11-12H2,1H3,(H2,19,20,21,22,23)/p+2. The van der Waals surface area contributed by atoms with Crippen molar-refractivity contribution >= 4 is 34.1 Å². The highest BCUT2D eigenvalue weighted by Gasteiger charge is 2.21. The molecule has 25 heavy (non-hydrogen) atoms. The van der Waals surface area contributed by atoms with Gasteiger partial charge in [-0.15, -0.1) is 11.3 Å². The Balaban J connectivity index is 1.39. The number of hydrogen-bond acceptors (Lipinski definition) is 5. The predicted octanol–water partition coefficient (Wildman–Crippen LogP) is -0.506. The van der Waals surface area contributed by atoms with Crippen molar-refractivity contribution in [3.05, 3.63) is 52.3 Å². The smallest absolute Gasteiger partial charge is 0.276 e. The van der Waals surface area contributed by atoms with E-state index >= 15 is 0 Å². The normalized spacial score (nSPS) is 17.2. The average Bonchev–Trinajstić information content (AvgIpc) is 3.15. The van der Waals surface area contributed by atoms with Crippen LogP contribution < -0.4 is 20.5 Å². The maximum absolute atomic E-state index is 4.59. The fraction of sp³-hybridized carbons (Fsp3) is 0.278. The van der Waals surface area contributed by atoms with E-state index in [1.54, 1.807) is 0 Å². The molecule has 3 heterocycles. The summed E-state index contributed by atoms with van der Waals surface area (Å²) in [5.74, 6) is 1.49. The van der Waals surface area contributed by atoms with Crippen molar-refractivity contribution in [1.82, 2.24) is 15.3 Å². The monoisotopic (exact) mass is 354 g/mol. The highest BCUT2D eigenvalue weighted by molar-refractivity contribution is 7.09. The summed E-state index contributed by atoms with van der Waals surface area (Å²) < 4.78 is 0. The van der Waals surface area contributed by atoms with E-state index in [4.69, 9.17) is 0 Å². The minimum absolute atomic E-state index is 0.619. The summed E-state index contributed by atoms with van der Waals surface area (Å²) in [7, 11) is 0. The third-order valence-corrected chi connectivity index (χ3v) is 5.30. The Bertz CT molecular complexity index is 890. The molecule has 0 saturated carbocycles. The van der Waals surface area contributed by atoms with E-state index in [2.05, 4.69) is 43.1 Å². The Kier molecular flexibility index (Phi) is 4.58. The third-order valence-electron chi connectivity index (χ3n) is 4.37. The second-order valence-electron chi connectivity index (χ2n) is 6.19. The van der Waals surface area contributed by atoms with Gasteiger partial charge >= 0.3 is 5.96 Å². The SMILES string of the molecule is Cc1nc(NC2=[NH+]C[NH+](CCc3cccs3)CN2)nc2ccccc12. The first kappa shape index (κ1) is 16.0. The largest absolute Gasteiger partial charge is 0.359 e. The molecule has 0 radical (unpaired) electrons. The number of rotatable bonds is 4. The minimum Gasteiger partial charge on any atom is -0.276 e. The van der Waals surface area contributed by atoms with Crippen LogP contribution in [0.25, 0.3) is 10.9 Å². The summed E-state index contributed by atoms with van der Waals surface area (Å²) in [6, 6.07) is 12.4. The molecule has 1 aromatic carbocycles. The first-order chi connectivity index (χ1) is 12.3. The quantitative estimate of drug-likeness (QED) is 0.510. The van der Waals surface area contributed by atoms with Crippen molar-refractivity contribution in [3.63, 3.8) is 0 Å². The number of thiophene rings is 1. The van der Waals surface area contributed by atoms with Gasteiger partial charge in [-0.05, 0) is 24.4 Å². The maximum atomic E-state index is 4.59. The number of hydrogen-bond donors (Lipinski definition) is 4. The number of guanidine groups is 1. The number of benzene rings is 1. The molecule has 1 atom stereocenters. The van der Waals surface area contributed by atoms with Crippen LogP contribution in [0.15, 0.2) is 41.8 Å². The molecule has 1 aliphatic heterocycles. The molecule has 4 N–H and O–H groups in total. The summed E-state index contributed by atoms with van der Waals surface area (Å²) in [4.78, 5) is 15.5. The minimum atomic E-state index is 0.619. The average molecular weight is 354 g/mol. The molecular weight excluding hydrogens is 332 g/mol. The molecule has 3 aromatic rings. The number of fused-ring (bicyclic) bond motifs is 1. The predicted molar refractivity (Wildman–Crippen MR) is 101 cm³/mol. The number of aromatic nitrogens is 2. The molecule has 2 aromatic heterocycles. The summed E-state index contributed by atoms with van der Waals surface area (Å²) in [5, 5.41) is 9.89. The van der Waals surface area contributed by atoms with Gasteiger partial charge in [0, 0.05) is 16.7 Å². The Hall–Kier alpha value is -2.51. The molecule has 6 nitrogen and oxygen atoms in total. The summed E-state index contributed by atoms with van der Waals surface area (Å²) in [6.07, 6.45) is 1.12. The summed E-state index contributed by atoms with van der Waals surface area (Å²) >= 11 is 1.83. The van der Waals surface area contributed by atoms with Crippen molar-refractivity contribution in [1.29, 1.82) is 0 Å². The van der Waals surface area contributed by atoms with Gasteiger partial charge < -0.3 is 0 Å². The fourth-order valence-electron chi connectivity index (χ4n) is 2.97. The molecule has 1 aliphatic rings. The molecule has 0 aliphatic carbocycles. The van der Waals surface area contributed by atoms with Crippen LogP contribution in [-0.4, -0.2) is 35.8 Å². The van der Waals surface area contributed by atoms with Gasteiger partial charge in [0.2, 0.25) is 0 Å². The molecule has 1 unspecified atom stereocenters. The number of nitrogens with zero attached hydrogens (tertiary/aromatic N) is 2. The fourth-order valence-corrected chi connectivity index (χ4v) is 3.68. The molecule has 0 fully saturated rings. The van der Waals surface area contributed by atoms with Crippen LogP contribution in [0.1, 0.15) is 10.6 Å². The topological polar surface area (TPSA) is 68.2 Å². The van der Waals surface area contributed by atoms with E-state index in [0.29, 0.717) is 5.95 Å².